The van der Waals surface area contributed by atoms with E-state index in [9.17, 15) is 19.5 Å². The van der Waals surface area contributed by atoms with E-state index in [0.717, 1.165) is 37.7 Å². The van der Waals surface area contributed by atoms with Gasteiger partial charge in [0.1, 0.15) is 24.2 Å². The lowest BCUT2D eigenvalue weighted by molar-refractivity contribution is -0.162. The molecule has 210 valence electrons. The van der Waals surface area contributed by atoms with Crippen LogP contribution in [0.25, 0.3) is 0 Å². The minimum atomic E-state index is -1.18. The number of likely N-dealkylation sites (tertiary alicyclic amines) is 1. The van der Waals surface area contributed by atoms with E-state index in [1.807, 2.05) is 42.2 Å². The number of rotatable bonds is 10. The van der Waals surface area contributed by atoms with E-state index in [4.69, 9.17) is 9.47 Å². The second-order valence-corrected chi connectivity index (χ2v) is 11.6. The van der Waals surface area contributed by atoms with Crippen molar-refractivity contribution in [3.8, 4) is 0 Å². The number of carbonyl (C=O) groups is 3. The van der Waals surface area contributed by atoms with E-state index in [1.165, 1.54) is 11.0 Å². The van der Waals surface area contributed by atoms with Crippen molar-refractivity contribution in [1.82, 2.24) is 9.80 Å². The number of esters is 1. The Morgan fingerprint density at radius 1 is 1.18 bits per heavy atom. The number of ether oxygens (including phenoxy) is 2. The van der Waals surface area contributed by atoms with Crippen LogP contribution < -0.4 is 0 Å². The molecule has 0 radical (unpaired) electrons. The molecular weight excluding hydrogens is 496 g/mol. The fraction of sp³-hybridized carbons (Fsp3) is 0.581. The Kier molecular flexibility index (Phi) is 7.71. The summed E-state index contributed by atoms with van der Waals surface area (Å²) in [5, 5.41) is 10.6. The first-order valence-electron chi connectivity index (χ1n) is 14.2. The number of aliphatic hydroxyl groups is 1. The molecule has 39 heavy (non-hydrogen) atoms. The standard InChI is InChI=1S/C31H40N2O6/c1-4-18-32(22-14-10-7-11-15-22)28(36)26-31-17-16-30(3,39-31)25(29(37)38-19-5-2)24(31)27(35)33(26)23(20-34)21-12-8-6-9-13-21/h4-6,8-9,12-13,22-26,34H,1-2,7,10-11,14-20H2,3H3/t23-,24+,25+,26?,30-,31?/m1/s1. The van der Waals surface area contributed by atoms with E-state index >= 15 is 0 Å². The zero-order chi connectivity index (χ0) is 27.8. The highest BCUT2D eigenvalue weighted by Gasteiger charge is 2.79. The first-order chi connectivity index (χ1) is 18.8. The van der Waals surface area contributed by atoms with Crippen LogP contribution in [0.15, 0.2) is 55.6 Å². The zero-order valence-electron chi connectivity index (χ0n) is 22.8. The molecule has 1 aromatic carbocycles. The van der Waals surface area contributed by atoms with Crippen molar-refractivity contribution in [1.29, 1.82) is 0 Å². The van der Waals surface area contributed by atoms with Crippen molar-refractivity contribution in [2.45, 2.75) is 81.2 Å². The molecule has 6 atom stereocenters. The molecule has 1 spiro atoms. The van der Waals surface area contributed by atoms with Gasteiger partial charge < -0.3 is 24.4 Å². The van der Waals surface area contributed by atoms with E-state index in [1.54, 1.807) is 6.08 Å². The van der Waals surface area contributed by atoms with Crippen LogP contribution in [0.5, 0.6) is 0 Å². The maximum atomic E-state index is 14.7. The lowest BCUT2D eigenvalue weighted by atomic mass is 9.66. The van der Waals surface area contributed by atoms with Crippen molar-refractivity contribution >= 4 is 17.8 Å². The van der Waals surface area contributed by atoms with Gasteiger partial charge in [-0.1, -0.05) is 68.3 Å². The summed E-state index contributed by atoms with van der Waals surface area (Å²) in [7, 11) is 0. The second kappa shape index (κ2) is 10.9. The van der Waals surface area contributed by atoms with Gasteiger partial charge in [0.25, 0.3) is 0 Å². The molecule has 1 aliphatic carbocycles. The van der Waals surface area contributed by atoms with E-state index in [-0.39, 0.29) is 31.1 Å². The van der Waals surface area contributed by atoms with Gasteiger partial charge >= 0.3 is 5.97 Å². The Labute approximate surface area is 230 Å². The average molecular weight is 537 g/mol. The summed E-state index contributed by atoms with van der Waals surface area (Å²) >= 11 is 0. The predicted molar refractivity (Wildman–Crippen MR) is 145 cm³/mol. The van der Waals surface area contributed by atoms with Crippen LogP contribution in [0.3, 0.4) is 0 Å². The van der Waals surface area contributed by atoms with Gasteiger partial charge in [-0.25, -0.2) is 0 Å². The molecule has 8 heteroatoms. The molecule has 5 rings (SSSR count). The van der Waals surface area contributed by atoms with Crippen molar-refractivity contribution in [3.63, 3.8) is 0 Å². The smallest absolute Gasteiger partial charge is 0.313 e. The Morgan fingerprint density at radius 3 is 2.54 bits per heavy atom. The molecular formula is C31H40N2O6. The third-order valence-corrected chi connectivity index (χ3v) is 9.36. The number of hydrogen-bond donors (Lipinski definition) is 1. The molecule has 3 aliphatic heterocycles. The summed E-state index contributed by atoms with van der Waals surface area (Å²) in [5.74, 6) is -2.78. The monoisotopic (exact) mass is 536 g/mol. The van der Waals surface area contributed by atoms with Crippen molar-refractivity contribution < 1.29 is 29.0 Å². The van der Waals surface area contributed by atoms with Gasteiger partial charge in [0.15, 0.2) is 0 Å². The minimum absolute atomic E-state index is 0.0312. The summed E-state index contributed by atoms with van der Waals surface area (Å²) in [4.78, 5) is 45.9. The molecule has 3 saturated heterocycles. The largest absolute Gasteiger partial charge is 0.461 e. The second-order valence-electron chi connectivity index (χ2n) is 11.6. The summed E-state index contributed by atoms with van der Waals surface area (Å²) in [6.45, 7) is 9.42. The Hall–Kier alpha value is -2.97. The highest BCUT2D eigenvalue weighted by molar-refractivity contribution is 5.99. The van der Waals surface area contributed by atoms with Crippen molar-refractivity contribution in [3.05, 3.63) is 61.2 Å². The molecule has 8 nitrogen and oxygen atoms in total. The van der Waals surface area contributed by atoms with E-state index in [2.05, 4.69) is 13.2 Å². The Balaban J connectivity index is 1.62. The highest BCUT2D eigenvalue weighted by atomic mass is 16.6. The summed E-state index contributed by atoms with van der Waals surface area (Å²) in [5.41, 5.74) is -1.38. The molecule has 0 aromatic heterocycles. The van der Waals surface area contributed by atoms with Gasteiger partial charge in [0.2, 0.25) is 11.8 Å². The lowest BCUT2D eigenvalue weighted by Gasteiger charge is -2.42. The maximum absolute atomic E-state index is 14.7. The van der Waals surface area contributed by atoms with Gasteiger partial charge in [-0.15, -0.1) is 6.58 Å². The molecule has 2 unspecified atom stereocenters. The number of amides is 2. The fourth-order valence-electron chi connectivity index (χ4n) is 7.70. The van der Waals surface area contributed by atoms with Gasteiger partial charge in [0, 0.05) is 12.6 Å². The van der Waals surface area contributed by atoms with Crippen LogP contribution >= 0.6 is 0 Å². The van der Waals surface area contributed by atoms with E-state index < -0.39 is 41.1 Å². The number of fused-ring (bicyclic) bond motifs is 1. The summed E-state index contributed by atoms with van der Waals surface area (Å²) in [6.07, 6.45) is 9.25. The number of hydrogen-bond acceptors (Lipinski definition) is 6. The number of benzene rings is 1. The van der Waals surface area contributed by atoms with E-state index in [0.29, 0.717) is 19.4 Å². The molecule has 1 aromatic rings. The predicted octanol–water partition coefficient (Wildman–Crippen LogP) is 3.56. The fourth-order valence-corrected chi connectivity index (χ4v) is 7.70. The molecule has 1 N–H and O–H groups in total. The first-order valence-corrected chi connectivity index (χ1v) is 14.2. The van der Waals surface area contributed by atoms with Crippen LogP contribution in [0.2, 0.25) is 0 Å². The molecule has 3 heterocycles. The molecule has 2 amide bonds. The Morgan fingerprint density at radius 2 is 1.90 bits per heavy atom. The highest BCUT2D eigenvalue weighted by Crippen LogP contribution is 2.64. The Bertz CT molecular complexity index is 1120. The van der Waals surface area contributed by atoms with Crippen LogP contribution in [-0.2, 0) is 23.9 Å². The van der Waals surface area contributed by atoms with Crippen LogP contribution in [0, 0.1) is 11.8 Å². The minimum Gasteiger partial charge on any atom is -0.461 e. The molecule has 2 bridgehead atoms. The van der Waals surface area contributed by atoms with Crippen molar-refractivity contribution in [2.75, 3.05) is 19.8 Å². The van der Waals surface area contributed by atoms with Gasteiger partial charge in [-0.3, -0.25) is 14.4 Å². The third-order valence-electron chi connectivity index (χ3n) is 9.36. The normalized spacial score (nSPS) is 32.5. The SMILES string of the molecule is C=CCOC(=O)[C@@H]1[C@H]2C(=O)N([C@H](CO)c3ccccc3)C(C(=O)N(CC=C)C3CCCCC3)C23CC[C@@]1(C)O3. The number of carbonyl (C=O) groups excluding carboxylic acids is 3. The van der Waals surface area contributed by atoms with Crippen LogP contribution in [-0.4, -0.2) is 75.7 Å². The van der Waals surface area contributed by atoms with Crippen LogP contribution in [0.4, 0.5) is 0 Å². The van der Waals surface area contributed by atoms with Crippen molar-refractivity contribution in [2.24, 2.45) is 11.8 Å². The number of aliphatic hydroxyl groups excluding tert-OH is 1. The molecule has 1 saturated carbocycles. The van der Waals surface area contributed by atoms with Gasteiger partial charge in [-0.05, 0) is 38.2 Å². The van der Waals surface area contributed by atoms with Gasteiger partial charge in [0.05, 0.1) is 24.2 Å². The first kappa shape index (κ1) is 27.6. The summed E-state index contributed by atoms with van der Waals surface area (Å²) in [6, 6.07) is 7.56. The molecule has 4 aliphatic rings. The topological polar surface area (TPSA) is 96.4 Å². The summed E-state index contributed by atoms with van der Waals surface area (Å²) < 4.78 is 12.2. The third kappa shape index (κ3) is 4.42. The lowest BCUT2D eigenvalue weighted by Crippen LogP contribution is -2.59. The van der Waals surface area contributed by atoms with Crippen LogP contribution in [0.1, 0.15) is 63.5 Å². The maximum Gasteiger partial charge on any atom is 0.313 e. The molecule has 4 fully saturated rings. The zero-order valence-corrected chi connectivity index (χ0v) is 22.8. The quantitative estimate of drug-likeness (QED) is 0.363. The average Bonchev–Trinajstić information content (AvgIpc) is 3.52. The van der Waals surface area contributed by atoms with Gasteiger partial charge in [-0.2, -0.15) is 0 Å². The number of nitrogens with zero attached hydrogens (tertiary/aromatic N) is 2.